The Morgan fingerprint density at radius 1 is 1.00 bits per heavy atom. The molecule has 5 heteroatoms. The minimum absolute atomic E-state index is 0.171. The van der Waals surface area contributed by atoms with E-state index in [0.29, 0.717) is 11.3 Å². The molecule has 0 aliphatic heterocycles. The molecule has 0 unspecified atom stereocenters. The average Bonchev–Trinajstić information content (AvgIpc) is 2.63. The second-order valence-electron chi connectivity index (χ2n) is 5.37. The first-order valence-corrected chi connectivity index (χ1v) is 7.78. The van der Waals surface area contributed by atoms with Crippen LogP contribution in [0.3, 0.4) is 0 Å². The lowest BCUT2D eigenvalue weighted by Gasteiger charge is -2.15. The molecule has 0 fully saturated rings. The van der Waals surface area contributed by atoms with Crippen LogP contribution < -0.4 is 4.74 Å². The van der Waals surface area contributed by atoms with E-state index < -0.39 is 12.1 Å². The number of nitrogens with zero attached hydrogens (tertiary/aromatic N) is 1. The van der Waals surface area contributed by atoms with Gasteiger partial charge in [0.2, 0.25) is 5.88 Å². The lowest BCUT2D eigenvalue weighted by atomic mass is 10.1. The molecule has 0 amide bonds. The summed E-state index contributed by atoms with van der Waals surface area (Å²) in [5.74, 6) is -0.157. The van der Waals surface area contributed by atoms with Crippen LogP contribution in [0.4, 0.5) is 4.39 Å². The highest BCUT2D eigenvalue weighted by molar-refractivity contribution is 5.92. The van der Waals surface area contributed by atoms with Gasteiger partial charge < -0.3 is 9.47 Å². The van der Waals surface area contributed by atoms with Gasteiger partial charge in [0.05, 0.1) is 0 Å². The summed E-state index contributed by atoms with van der Waals surface area (Å²) < 4.78 is 24.1. The molecule has 0 spiro atoms. The zero-order chi connectivity index (χ0) is 17.6. The molecule has 0 aliphatic carbocycles. The van der Waals surface area contributed by atoms with E-state index in [1.165, 1.54) is 12.1 Å². The Bertz CT molecular complexity index is 850. The first kappa shape index (κ1) is 16.6. The number of rotatable bonds is 5. The number of benzene rings is 2. The number of ether oxygens (including phenoxy) is 2. The molecule has 0 bridgehead atoms. The normalized spacial score (nSPS) is 11.6. The molecule has 4 nitrogen and oxygen atoms in total. The molecule has 2 aromatic carbocycles. The monoisotopic (exact) mass is 337 g/mol. The van der Waals surface area contributed by atoms with Crippen molar-refractivity contribution in [2.75, 3.05) is 0 Å². The number of aromatic nitrogens is 1. The van der Waals surface area contributed by atoms with Crippen molar-refractivity contribution in [2.24, 2.45) is 0 Å². The van der Waals surface area contributed by atoms with Gasteiger partial charge in [-0.1, -0.05) is 30.3 Å². The highest BCUT2D eigenvalue weighted by atomic mass is 19.1. The van der Waals surface area contributed by atoms with Crippen molar-refractivity contribution in [1.82, 2.24) is 4.98 Å². The lowest BCUT2D eigenvalue weighted by molar-refractivity contribution is 0.0334. The second-order valence-corrected chi connectivity index (χ2v) is 5.37. The van der Waals surface area contributed by atoms with Crippen LogP contribution in [-0.2, 0) is 4.74 Å². The van der Waals surface area contributed by atoms with Gasteiger partial charge in [0.1, 0.15) is 23.2 Å². The molecule has 0 aliphatic rings. The molecular weight excluding hydrogens is 321 g/mol. The molecule has 3 rings (SSSR count). The number of carbonyl (C=O) groups excluding carboxylic acids is 1. The van der Waals surface area contributed by atoms with Gasteiger partial charge in [-0.05, 0) is 48.9 Å². The van der Waals surface area contributed by atoms with Gasteiger partial charge in [-0.15, -0.1) is 0 Å². The number of hydrogen-bond donors (Lipinski definition) is 0. The Kier molecular flexibility index (Phi) is 5.04. The van der Waals surface area contributed by atoms with E-state index in [2.05, 4.69) is 4.98 Å². The number of carbonyl (C=O) groups is 1. The van der Waals surface area contributed by atoms with Gasteiger partial charge in [-0.2, -0.15) is 0 Å². The summed E-state index contributed by atoms with van der Waals surface area (Å²) in [5, 5.41) is 0. The molecule has 25 heavy (non-hydrogen) atoms. The van der Waals surface area contributed by atoms with Crippen molar-refractivity contribution in [3.05, 3.63) is 89.9 Å². The number of esters is 1. The lowest BCUT2D eigenvalue weighted by Crippen LogP contribution is -2.11. The zero-order valence-corrected chi connectivity index (χ0v) is 13.6. The first-order chi connectivity index (χ1) is 12.1. The summed E-state index contributed by atoms with van der Waals surface area (Å²) in [7, 11) is 0. The van der Waals surface area contributed by atoms with Crippen molar-refractivity contribution in [1.29, 1.82) is 0 Å². The Hall–Kier alpha value is -3.21. The second kappa shape index (κ2) is 7.57. The predicted octanol–water partition coefficient (Wildman–Crippen LogP) is 4.93. The molecule has 0 saturated carbocycles. The van der Waals surface area contributed by atoms with Crippen LogP contribution >= 0.6 is 0 Å². The van der Waals surface area contributed by atoms with Crippen molar-refractivity contribution in [3.8, 4) is 11.6 Å². The van der Waals surface area contributed by atoms with Crippen LogP contribution in [0.2, 0.25) is 0 Å². The number of halogens is 1. The van der Waals surface area contributed by atoms with E-state index in [9.17, 15) is 9.18 Å². The minimum atomic E-state index is -0.559. The van der Waals surface area contributed by atoms with E-state index in [1.54, 1.807) is 49.5 Å². The Labute approximate surface area is 144 Å². The van der Waals surface area contributed by atoms with E-state index >= 15 is 0 Å². The zero-order valence-electron chi connectivity index (χ0n) is 13.6. The van der Waals surface area contributed by atoms with Gasteiger partial charge in [-0.25, -0.2) is 14.2 Å². The van der Waals surface area contributed by atoms with Crippen LogP contribution in [0.15, 0.2) is 72.9 Å². The molecule has 3 aromatic rings. The molecule has 1 heterocycles. The largest absolute Gasteiger partial charge is 0.454 e. The highest BCUT2D eigenvalue weighted by Gasteiger charge is 2.19. The molecule has 1 atom stereocenters. The predicted molar refractivity (Wildman–Crippen MR) is 91.0 cm³/mol. The van der Waals surface area contributed by atoms with Crippen LogP contribution in [-0.4, -0.2) is 11.0 Å². The van der Waals surface area contributed by atoms with Crippen molar-refractivity contribution in [3.63, 3.8) is 0 Å². The van der Waals surface area contributed by atoms with Crippen molar-refractivity contribution < 1.29 is 18.7 Å². The summed E-state index contributed by atoms with van der Waals surface area (Å²) in [6.45, 7) is 1.72. The van der Waals surface area contributed by atoms with Gasteiger partial charge in [0, 0.05) is 6.20 Å². The fourth-order valence-corrected chi connectivity index (χ4v) is 2.25. The SMILES string of the molecule is C[C@H](OC(=O)c1cccnc1Oc1ccccc1)c1ccc(F)cc1. The Morgan fingerprint density at radius 2 is 1.72 bits per heavy atom. The van der Waals surface area contributed by atoms with Gasteiger partial charge >= 0.3 is 5.97 Å². The fraction of sp³-hybridized carbons (Fsp3) is 0.100. The topological polar surface area (TPSA) is 48.4 Å². The molecule has 0 radical (unpaired) electrons. The van der Waals surface area contributed by atoms with E-state index in [4.69, 9.17) is 9.47 Å². The molecule has 0 saturated heterocycles. The number of hydrogen-bond acceptors (Lipinski definition) is 4. The Balaban J connectivity index is 1.77. The summed E-state index contributed by atoms with van der Waals surface area (Å²) in [6.07, 6.45) is 1.01. The minimum Gasteiger partial charge on any atom is -0.454 e. The van der Waals surface area contributed by atoms with Crippen molar-refractivity contribution in [2.45, 2.75) is 13.0 Å². The summed E-state index contributed by atoms with van der Waals surface area (Å²) >= 11 is 0. The number of para-hydroxylation sites is 1. The van der Waals surface area contributed by atoms with Crippen LogP contribution in [0.5, 0.6) is 11.6 Å². The van der Waals surface area contributed by atoms with Crippen LogP contribution in [0, 0.1) is 5.82 Å². The number of pyridine rings is 1. The molecular formula is C20H16FNO3. The van der Waals surface area contributed by atoms with Gasteiger partial charge in [-0.3, -0.25) is 0 Å². The molecule has 0 N–H and O–H groups in total. The third-order valence-corrected chi connectivity index (χ3v) is 3.57. The standard InChI is InChI=1S/C20H16FNO3/c1-14(15-9-11-16(21)12-10-15)24-20(23)18-8-5-13-22-19(18)25-17-6-3-2-4-7-17/h2-14H,1H3/t14-/m0/s1. The van der Waals surface area contributed by atoms with Gasteiger partial charge in [0.15, 0.2) is 0 Å². The van der Waals surface area contributed by atoms with Crippen molar-refractivity contribution >= 4 is 5.97 Å². The van der Waals surface area contributed by atoms with E-state index in [-0.39, 0.29) is 17.3 Å². The average molecular weight is 337 g/mol. The maximum Gasteiger partial charge on any atom is 0.344 e. The summed E-state index contributed by atoms with van der Waals surface area (Å²) in [6, 6.07) is 18.1. The quantitative estimate of drug-likeness (QED) is 0.619. The van der Waals surface area contributed by atoms with E-state index in [1.807, 2.05) is 18.2 Å². The third-order valence-electron chi connectivity index (χ3n) is 3.57. The van der Waals surface area contributed by atoms with Gasteiger partial charge in [0.25, 0.3) is 0 Å². The highest BCUT2D eigenvalue weighted by Crippen LogP contribution is 2.25. The maximum absolute atomic E-state index is 13.0. The summed E-state index contributed by atoms with van der Waals surface area (Å²) in [5.41, 5.74) is 0.921. The smallest absolute Gasteiger partial charge is 0.344 e. The maximum atomic E-state index is 13.0. The van der Waals surface area contributed by atoms with Crippen LogP contribution in [0.25, 0.3) is 0 Å². The Morgan fingerprint density at radius 3 is 2.44 bits per heavy atom. The summed E-state index contributed by atoms with van der Waals surface area (Å²) in [4.78, 5) is 16.6. The molecule has 1 aromatic heterocycles. The van der Waals surface area contributed by atoms with Crippen LogP contribution in [0.1, 0.15) is 28.9 Å². The fourth-order valence-electron chi connectivity index (χ4n) is 2.25. The third kappa shape index (κ3) is 4.20. The molecule has 126 valence electrons. The van der Waals surface area contributed by atoms with E-state index in [0.717, 1.165) is 0 Å². The first-order valence-electron chi connectivity index (χ1n) is 7.78.